The summed E-state index contributed by atoms with van der Waals surface area (Å²) in [5.74, 6) is 0.0340. The molecule has 2 aliphatic heterocycles. The van der Waals surface area contributed by atoms with Gasteiger partial charge in [-0.25, -0.2) is 0 Å². The van der Waals surface area contributed by atoms with Crippen LogP contribution in [0.3, 0.4) is 0 Å². The lowest BCUT2D eigenvalue weighted by molar-refractivity contribution is -0.139. The van der Waals surface area contributed by atoms with Crippen LogP contribution in [0.5, 0.6) is 0 Å². The highest BCUT2D eigenvalue weighted by Crippen LogP contribution is 2.42. The van der Waals surface area contributed by atoms with Crippen LogP contribution in [-0.4, -0.2) is 41.2 Å². The highest BCUT2D eigenvalue weighted by atomic mass is 19.4. The molecule has 158 valence electrons. The monoisotopic (exact) mass is 416 g/mol. The molecular formula is C23H23F3N2O2. The third kappa shape index (κ3) is 3.93. The van der Waals surface area contributed by atoms with E-state index < -0.39 is 17.2 Å². The van der Waals surface area contributed by atoms with Crippen LogP contribution in [0, 0.1) is 5.41 Å². The molecule has 2 heterocycles. The molecule has 2 saturated heterocycles. The first-order valence-electron chi connectivity index (χ1n) is 10.1. The highest BCUT2D eigenvalue weighted by molar-refractivity contribution is 5.94. The number of nitrogens with zero attached hydrogens (tertiary/aromatic N) is 2. The summed E-state index contributed by atoms with van der Waals surface area (Å²) in [6.07, 6.45) is -2.40. The molecule has 0 unspecified atom stereocenters. The number of halogens is 3. The summed E-state index contributed by atoms with van der Waals surface area (Å²) in [4.78, 5) is 29.3. The van der Waals surface area contributed by atoms with Crippen LogP contribution in [0.4, 0.5) is 13.2 Å². The summed E-state index contributed by atoms with van der Waals surface area (Å²) >= 11 is 0. The maximum absolute atomic E-state index is 13.1. The van der Waals surface area contributed by atoms with Crippen LogP contribution in [0.1, 0.15) is 40.7 Å². The molecule has 2 aromatic carbocycles. The molecule has 4 nitrogen and oxygen atoms in total. The van der Waals surface area contributed by atoms with E-state index in [9.17, 15) is 22.8 Å². The lowest BCUT2D eigenvalue weighted by Gasteiger charge is -2.38. The second-order valence-electron chi connectivity index (χ2n) is 8.11. The van der Waals surface area contributed by atoms with Crippen LogP contribution in [0.15, 0.2) is 54.6 Å². The molecule has 0 aromatic heterocycles. The Bertz CT molecular complexity index is 918. The second-order valence-corrected chi connectivity index (χ2v) is 8.11. The molecule has 7 heteroatoms. The molecule has 2 fully saturated rings. The molecule has 0 radical (unpaired) electrons. The van der Waals surface area contributed by atoms with Gasteiger partial charge in [0.05, 0.1) is 11.0 Å². The van der Waals surface area contributed by atoms with Gasteiger partial charge in [-0.1, -0.05) is 30.3 Å². The Balaban J connectivity index is 1.37. The lowest BCUT2D eigenvalue weighted by atomic mass is 9.77. The van der Waals surface area contributed by atoms with Gasteiger partial charge < -0.3 is 9.80 Å². The highest BCUT2D eigenvalue weighted by Gasteiger charge is 2.48. The summed E-state index contributed by atoms with van der Waals surface area (Å²) in [7, 11) is 0. The maximum Gasteiger partial charge on any atom is 0.416 e. The number of alkyl halides is 3. The predicted octanol–water partition coefficient (Wildman–Crippen LogP) is 4.36. The summed E-state index contributed by atoms with van der Waals surface area (Å²) in [5, 5.41) is 0. The smallest absolute Gasteiger partial charge is 0.339 e. The van der Waals surface area contributed by atoms with E-state index in [2.05, 4.69) is 0 Å². The Morgan fingerprint density at radius 3 is 2.10 bits per heavy atom. The number of carbonyl (C=O) groups is 2. The van der Waals surface area contributed by atoms with Crippen molar-refractivity contribution in [1.82, 2.24) is 9.80 Å². The topological polar surface area (TPSA) is 40.6 Å². The van der Waals surface area contributed by atoms with Gasteiger partial charge in [0.1, 0.15) is 0 Å². The fraction of sp³-hybridized carbons (Fsp3) is 0.391. The van der Waals surface area contributed by atoms with Crippen molar-refractivity contribution >= 4 is 11.8 Å². The van der Waals surface area contributed by atoms with Crippen molar-refractivity contribution in [1.29, 1.82) is 0 Å². The molecule has 1 spiro atoms. The number of benzene rings is 2. The van der Waals surface area contributed by atoms with E-state index in [0.29, 0.717) is 50.1 Å². The number of hydrogen-bond donors (Lipinski definition) is 0. The fourth-order valence-corrected chi connectivity index (χ4v) is 4.43. The first-order chi connectivity index (χ1) is 14.3. The zero-order chi connectivity index (χ0) is 21.4. The molecule has 30 heavy (non-hydrogen) atoms. The lowest BCUT2D eigenvalue weighted by Crippen LogP contribution is -2.46. The first-order valence-corrected chi connectivity index (χ1v) is 10.1. The van der Waals surface area contributed by atoms with Gasteiger partial charge in [-0.3, -0.25) is 9.59 Å². The van der Waals surface area contributed by atoms with Crippen molar-refractivity contribution in [3.63, 3.8) is 0 Å². The van der Waals surface area contributed by atoms with E-state index in [1.165, 1.54) is 12.1 Å². The van der Waals surface area contributed by atoms with Crippen molar-refractivity contribution < 1.29 is 22.8 Å². The third-order valence-electron chi connectivity index (χ3n) is 6.28. The molecule has 0 bridgehead atoms. The first kappa shape index (κ1) is 20.4. The number of carbonyl (C=O) groups excluding carboxylic acids is 2. The Hall–Kier alpha value is -2.83. The minimum Gasteiger partial charge on any atom is -0.339 e. The van der Waals surface area contributed by atoms with Gasteiger partial charge in [-0.2, -0.15) is 13.2 Å². The van der Waals surface area contributed by atoms with Crippen molar-refractivity contribution in [2.24, 2.45) is 5.41 Å². The van der Waals surface area contributed by atoms with Crippen LogP contribution < -0.4 is 0 Å². The zero-order valence-corrected chi connectivity index (χ0v) is 16.5. The summed E-state index contributed by atoms with van der Waals surface area (Å²) < 4.78 is 38.2. The Kier molecular flexibility index (Phi) is 5.30. The second kappa shape index (κ2) is 7.78. The number of piperidine rings is 1. The van der Waals surface area contributed by atoms with E-state index in [-0.39, 0.29) is 11.8 Å². The van der Waals surface area contributed by atoms with Crippen LogP contribution >= 0.6 is 0 Å². The van der Waals surface area contributed by atoms with E-state index in [1.54, 1.807) is 21.9 Å². The van der Waals surface area contributed by atoms with Gasteiger partial charge >= 0.3 is 6.18 Å². The standard InChI is InChI=1S/C23H23F3N2O2/c24-23(25,26)19-8-6-17(7-9-19)16-28-15-12-22(21(28)30)10-13-27(14-11-22)20(29)18-4-2-1-3-5-18/h1-9H,10-16H2. The fourth-order valence-electron chi connectivity index (χ4n) is 4.43. The molecule has 2 aliphatic rings. The summed E-state index contributed by atoms with van der Waals surface area (Å²) in [5.41, 5.74) is 0.186. The maximum atomic E-state index is 13.1. The number of likely N-dealkylation sites (tertiary alicyclic amines) is 2. The molecule has 0 N–H and O–H groups in total. The largest absolute Gasteiger partial charge is 0.416 e. The average molecular weight is 416 g/mol. The van der Waals surface area contributed by atoms with Crippen LogP contribution in [0.2, 0.25) is 0 Å². The van der Waals surface area contributed by atoms with E-state index >= 15 is 0 Å². The SMILES string of the molecule is O=C(c1ccccc1)N1CCC2(CC1)CCN(Cc1ccc(C(F)(F)F)cc1)C2=O. The molecule has 2 amide bonds. The van der Waals surface area contributed by atoms with Crippen molar-refractivity contribution in [2.75, 3.05) is 19.6 Å². The summed E-state index contributed by atoms with van der Waals surface area (Å²) in [6, 6.07) is 14.1. The number of hydrogen-bond acceptors (Lipinski definition) is 2. The van der Waals surface area contributed by atoms with Gasteiger partial charge in [0.25, 0.3) is 5.91 Å². The van der Waals surface area contributed by atoms with E-state index in [4.69, 9.17) is 0 Å². The number of amides is 2. The van der Waals surface area contributed by atoms with Gasteiger partial charge in [0.15, 0.2) is 0 Å². The molecule has 0 aliphatic carbocycles. The van der Waals surface area contributed by atoms with E-state index in [1.807, 2.05) is 18.2 Å². The Morgan fingerprint density at radius 1 is 0.900 bits per heavy atom. The normalized spacial score (nSPS) is 18.8. The summed E-state index contributed by atoms with van der Waals surface area (Å²) in [6.45, 7) is 1.97. The molecule has 2 aromatic rings. The zero-order valence-electron chi connectivity index (χ0n) is 16.5. The van der Waals surface area contributed by atoms with Crippen LogP contribution in [0.25, 0.3) is 0 Å². The van der Waals surface area contributed by atoms with Crippen molar-refractivity contribution in [2.45, 2.75) is 32.0 Å². The number of rotatable bonds is 3. The predicted molar refractivity (Wildman–Crippen MR) is 105 cm³/mol. The molecular weight excluding hydrogens is 393 g/mol. The minimum atomic E-state index is -4.36. The van der Waals surface area contributed by atoms with E-state index in [0.717, 1.165) is 18.6 Å². The quantitative estimate of drug-likeness (QED) is 0.746. The van der Waals surface area contributed by atoms with Crippen molar-refractivity contribution in [3.05, 3.63) is 71.3 Å². The molecule has 4 rings (SSSR count). The van der Waals surface area contributed by atoms with Crippen molar-refractivity contribution in [3.8, 4) is 0 Å². The average Bonchev–Trinajstić information content (AvgIpc) is 3.04. The van der Waals surface area contributed by atoms with Gasteiger partial charge in [-0.05, 0) is 49.1 Å². The Morgan fingerprint density at radius 2 is 1.50 bits per heavy atom. The minimum absolute atomic E-state index is 0.0162. The Labute approximate surface area is 173 Å². The molecule has 0 saturated carbocycles. The van der Waals surface area contributed by atoms with Gasteiger partial charge in [-0.15, -0.1) is 0 Å². The third-order valence-corrected chi connectivity index (χ3v) is 6.28. The molecule has 0 atom stereocenters. The van der Waals surface area contributed by atoms with Crippen LogP contribution in [-0.2, 0) is 17.5 Å². The van der Waals surface area contributed by atoms with Gasteiger partial charge in [0, 0.05) is 31.7 Å². The van der Waals surface area contributed by atoms with Gasteiger partial charge in [0.2, 0.25) is 5.91 Å².